The SMILES string of the molecule is Cc1c(C(=O)N2CCC3(CC2)C[C@@H](C(=O)O)N(C)C3)c[nH]c(=O)c1C#N. The van der Waals surface area contributed by atoms with Crippen molar-refractivity contribution in [2.45, 2.75) is 32.2 Å². The molecule has 0 aliphatic carbocycles. The van der Waals surface area contributed by atoms with Gasteiger partial charge in [0, 0.05) is 25.8 Å². The van der Waals surface area contributed by atoms with E-state index in [0.29, 0.717) is 30.6 Å². The third-order valence-electron chi connectivity index (χ3n) is 5.84. The molecule has 8 nitrogen and oxygen atoms in total. The van der Waals surface area contributed by atoms with Crippen LogP contribution in [0.25, 0.3) is 0 Å². The lowest BCUT2D eigenvalue weighted by atomic mass is 9.76. The molecule has 0 bridgehead atoms. The Morgan fingerprint density at radius 1 is 1.38 bits per heavy atom. The first-order valence-corrected chi connectivity index (χ1v) is 8.63. The molecular weight excluding hydrogens is 336 g/mol. The van der Waals surface area contributed by atoms with Crippen LogP contribution in [-0.4, -0.2) is 64.5 Å². The number of carboxylic acid groups (broad SMARTS) is 1. The number of carbonyl (C=O) groups excluding carboxylic acids is 1. The van der Waals surface area contributed by atoms with Crippen LogP contribution in [0.15, 0.2) is 11.0 Å². The number of aliphatic carboxylic acids is 1. The molecule has 1 aromatic rings. The number of aromatic amines is 1. The Morgan fingerprint density at radius 3 is 2.58 bits per heavy atom. The van der Waals surface area contributed by atoms with Crippen LogP contribution in [-0.2, 0) is 4.79 Å². The van der Waals surface area contributed by atoms with Crippen molar-refractivity contribution in [3.8, 4) is 6.07 Å². The van der Waals surface area contributed by atoms with Crippen molar-refractivity contribution in [1.29, 1.82) is 5.26 Å². The number of likely N-dealkylation sites (N-methyl/N-ethyl adjacent to an activating group) is 1. The van der Waals surface area contributed by atoms with E-state index in [1.54, 1.807) is 11.8 Å². The van der Waals surface area contributed by atoms with E-state index in [2.05, 4.69) is 4.98 Å². The van der Waals surface area contributed by atoms with Crippen LogP contribution in [0.4, 0.5) is 0 Å². The Bertz CT molecular complexity index is 846. The maximum Gasteiger partial charge on any atom is 0.320 e. The number of pyridine rings is 1. The van der Waals surface area contributed by atoms with E-state index < -0.39 is 17.6 Å². The van der Waals surface area contributed by atoms with Crippen LogP contribution in [0.5, 0.6) is 0 Å². The molecule has 0 unspecified atom stereocenters. The van der Waals surface area contributed by atoms with Gasteiger partial charge in [-0.25, -0.2) is 0 Å². The van der Waals surface area contributed by atoms with Crippen molar-refractivity contribution >= 4 is 11.9 Å². The minimum absolute atomic E-state index is 0.0361. The zero-order valence-corrected chi connectivity index (χ0v) is 14.9. The molecule has 26 heavy (non-hydrogen) atoms. The molecule has 1 spiro atoms. The molecule has 0 saturated carbocycles. The summed E-state index contributed by atoms with van der Waals surface area (Å²) in [5, 5.41) is 18.4. The van der Waals surface area contributed by atoms with Crippen LogP contribution >= 0.6 is 0 Å². The number of nitrogens with zero attached hydrogens (tertiary/aromatic N) is 3. The lowest BCUT2D eigenvalue weighted by molar-refractivity contribution is -0.141. The Balaban J connectivity index is 1.73. The summed E-state index contributed by atoms with van der Waals surface area (Å²) in [7, 11) is 1.83. The van der Waals surface area contributed by atoms with Gasteiger partial charge in [0.25, 0.3) is 11.5 Å². The minimum atomic E-state index is -0.796. The monoisotopic (exact) mass is 358 g/mol. The highest BCUT2D eigenvalue weighted by Crippen LogP contribution is 2.43. The van der Waals surface area contributed by atoms with E-state index in [1.165, 1.54) is 6.20 Å². The van der Waals surface area contributed by atoms with E-state index in [-0.39, 0.29) is 16.9 Å². The van der Waals surface area contributed by atoms with Crippen molar-refractivity contribution in [2.75, 3.05) is 26.7 Å². The van der Waals surface area contributed by atoms with Crippen LogP contribution < -0.4 is 5.56 Å². The van der Waals surface area contributed by atoms with Crippen LogP contribution in [0.3, 0.4) is 0 Å². The number of carboxylic acids is 1. The molecule has 8 heteroatoms. The number of amides is 1. The number of nitriles is 1. The first-order chi connectivity index (χ1) is 12.3. The summed E-state index contributed by atoms with van der Waals surface area (Å²) in [6.45, 7) is 3.41. The van der Waals surface area contributed by atoms with E-state index in [0.717, 1.165) is 19.4 Å². The van der Waals surface area contributed by atoms with Crippen LogP contribution in [0.1, 0.15) is 40.7 Å². The molecular formula is C18H22N4O4. The fourth-order valence-electron chi connectivity index (χ4n) is 4.24. The Morgan fingerprint density at radius 2 is 2.04 bits per heavy atom. The second-order valence-electron chi connectivity index (χ2n) is 7.41. The highest BCUT2D eigenvalue weighted by Gasteiger charge is 2.47. The number of aromatic nitrogens is 1. The fraction of sp³-hybridized carbons (Fsp3) is 0.556. The molecule has 1 aromatic heterocycles. The highest BCUT2D eigenvalue weighted by molar-refractivity contribution is 5.95. The van der Waals surface area contributed by atoms with Crippen LogP contribution in [0.2, 0.25) is 0 Å². The summed E-state index contributed by atoms with van der Waals surface area (Å²) in [4.78, 5) is 41.9. The van der Waals surface area contributed by atoms with Gasteiger partial charge in [-0.15, -0.1) is 0 Å². The summed E-state index contributed by atoms with van der Waals surface area (Å²) in [5.74, 6) is -0.998. The molecule has 3 rings (SSSR count). The zero-order chi connectivity index (χ0) is 19.1. The van der Waals surface area contributed by atoms with Gasteiger partial charge in [0.1, 0.15) is 17.7 Å². The number of carbonyl (C=O) groups is 2. The van der Waals surface area contributed by atoms with Gasteiger partial charge in [-0.1, -0.05) is 0 Å². The molecule has 2 aliphatic rings. The number of piperidine rings is 1. The van der Waals surface area contributed by atoms with E-state index in [4.69, 9.17) is 5.26 Å². The van der Waals surface area contributed by atoms with Crippen molar-refractivity contribution < 1.29 is 14.7 Å². The number of hydrogen-bond acceptors (Lipinski definition) is 5. The summed E-state index contributed by atoms with van der Waals surface area (Å²) >= 11 is 0. The quantitative estimate of drug-likeness (QED) is 0.798. The predicted molar refractivity (Wildman–Crippen MR) is 92.8 cm³/mol. The second kappa shape index (κ2) is 6.57. The van der Waals surface area contributed by atoms with Gasteiger partial charge in [0.2, 0.25) is 0 Å². The maximum atomic E-state index is 12.8. The third-order valence-corrected chi connectivity index (χ3v) is 5.84. The van der Waals surface area contributed by atoms with Crippen LogP contribution in [0, 0.1) is 23.7 Å². The normalized spacial score (nSPS) is 22.3. The average Bonchev–Trinajstić information content (AvgIpc) is 2.92. The second-order valence-corrected chi connectivity index (χ2v) is 7.41. The lowest BCUT2D eigenvalue weighted by Crippen LogP contribution is -2.44. The number of rotatable bonds is 2. The topological polar surface area (TPSA) is 118 Å². The number of H-pyrrole nitrogens is 1. The average molecular weight is 358 g/mol. The highest BCUT2D eigenvalue weighted by atomic mass is 16.4. The third kappa shape index (κ3) is 2.99. The molecule has 1 amide bonds. The van der Waals surface area contributed by atoms with E-state index in [9.17, 15) is 19.5 Å². The van der Waals surface area contributed by atoms with E-state index >= 15 is 0 Å². The van der Waals surface area contributed by atoms with Gasteiger partial charge in [0.15, 0.2) is 0 Å². The summed E-state index contributed by atoms with van der Waals surface area (Å²) in [5.41, 5.74) is 0.142. The molecule has 138 valence electrons. The molecule has 2 saturated heterocycles. The van der Waals surface area contributed by atoms with Gasteiger partial charge in [-0.2, -0.15) is 5.26 Å². The maximum absolute atomic E-state index is 12.8. The first-order valence-electron chi connectivity index (χ1n) is 8.63. The molecule has 2 N–H and O–H groups in total. The van der Waals surface area contributed by atoms with E-state index in [1.807, 2.05) is 18.0 Å². The minimum Gasteiger partial charge on any atom is -0.480 e. The van der Waals surface area contributed by atoms with Gasteiger partial charge in [-0.3, -0.25) is 19.3 Å². The standard InChI is InChI=1S/C18H22N4O4/c1-11-12(8-19)15(23)20-9-13(11)16(24)22-5-3-18(4-6-22)7-14(17(25)26)21(2)10-18/h9,14H,3-7,10H2,1-2H3,(H,20,23)(H,25,26)/t14-/m0/s1. The molecule has 1 atom stereocenters. The summed E-state index contributed by atoms with van der Waals surface area (Å²) in [6.07, 6.45) is 3.48. The van der Waals surface area contributed by atoms with Crippen molar-refractivity contribution in [3.63, 3.8) is 0 Å². The predicted octanol–water partition coefficient (Wildman–Crippen LogP) is 0.566. The summed E-state index contributed by atoms with van der Waals surface area (Å²) in [6, 6.07) is 1.38. The van der Waals surface area contributed by atoms with Crippen molar-refractivity contribution in [3.05, 3.63) is 33.2 Å². The summed E-state index contributed by atoms with van der Waals surface area (Å²) < 4.78 is 0. The number of likely N-dealkylation sites (tertiary alicyclic amines) is 2. The Kier molecular flexibility index (Phi) is 4.59. The smallest absolute Gasteiger partial charge is 0.320 e. The lowest BCUT2D eigenvalue weighted by Gasteiger charge is -2.39. The molecule has 0 aromatic carbocycles. The fourth-order valence-corrected chi connectivity index (χ4v) is 4.24. The van der Waals surface area contributed by atoms with Gasteiger partial charge < -0.3 is 15.0 Å². The number of nitrogens with one attached hydrogen (secondary N) is 1. The molecule has 3 heterocycles. The molecule has 0 radical (unpaired) electrons. The van der Waals surface area contributed by atoms with Crippen molar-refractivity contribution in [2.24, 2.45) is 5.41 Å². The first kappa shape index (κ1) is 18.1. The molecule has 2 aliphatic heterocycles. The van der Waals surface area contributed by atoms with Gasteiger partial charge in [0.05, 0.1) is 5.56 Å². The van der Waals surface area contributed by atoms with Gasteiger partial charge in [-0.05, 0) is 44.2 Å². The van der Waals surface area contributed by atoms with Gasteiger partial charge >= 0.3 is 5.97 Å². The Labute approximate surface area is 151 Å². The number of hydrogen-bond donors (Lipinski definition) is 2. The zero-order valence-electron chi connectivity index (χ0n) is 14.9. The largest absolute Gasteiger partial charge is 0.480 e. The Hall–Kier alpha value is -2.66. The van der Waals surface area contributed by atoms with Crippen molar-refractivity contribution in [1.82, 2.24) is 14.8 Å². The molecule has 2 fully saturated rings.